The van der Waals surface area contributed by atoms with E-state index < -0.39 is 5.97 Å². The number of pyridine rings is 1. The highest BCUT2D eigenvalue weighted by molar-refractivity contribution is 6.02. The predicted octanol–water partition coefficient (Wildman–Crippen LogP) is 4.06. The summed E-state index contributed by atoms with van der Waals surface area (Å²) in [6.07, 6.45) is 0. The fourth-order valence-corrected chi connectivity index (χ4v) is 3.42. The van der Waals surface area contributed by atoms with Crippen LogP contribution in [0.15, 0.2) is 54.6 Å². The summed E-state index contributed by atoms with van der Waals surface area (Å²) in [6.45, 7) is 0.673. The van der Waals surface area contributed by atoms with Gasteiger partial charge in [-0.05, 0) is 48.5 Å². The number of nitrogens with zero attached hydrogens (tertiary/aromatic N) is 2. The lowest BCUT2D eigenvalue weighted by atomic mass is 10.2. The van der Waals surface area contributed by atoms with E-state index in [9.17, 15) is 9.59 Å². The first-order valence-electron chi connectivity index (χ1n) is 10.4. The van der Waals surface area contributed by atoms with Gasteiger partial charge < -0.3 is 29.6 Å². The first-order valence-corrected chi connectivity index (χ1v) is 10.4. The van der Waals surface area contributed by atoms with Crippen molar-refractivity contribution in [2.75, 3.05) is 50.0 Å². The molecule has 2 N–H and O–H groups in total. The van der Waals surface area contributed by atoms with Gasteiger partial charge >= 0.3 is 12.0 Å². The SMILES string of the molecule is COC(=O)c1ccc(Nc2ccc3c(n2)N(C(=O)Nc2ccc(OC)c(OC)c2)CCO3)cc1. The number of hydrogen-bond acceptors (Lipinski definition) is 8. The largest absolute Gasteiger partial charge is 0.493 e. The smallest absolute Gasteiger partial charge is 0.337 e. The van der Waals surface area contributed by atoms with Gasteiger partial charge in [-0.1, -0.05) is 0 Å². The average Bonchev–Trinajstić information content (AvgIpc) is 2.88. The lowest BCUT2D eigenvalue weighted by Crippen LogP contribution is -2.41. The van der Waals surface area contributed by atoms with Gasteiger partial charge in [0, 0.05) is 17.4 Å². The molecule has 10 nitrogen and oxygen atoms in total. The molecule has 10 heteroatoms. The average molecular weight is 464 g/mol. The molecule has 0 aliphatic carbocycles. The third-order valence-corrected chi connectivity index (χ3v) is 5.13. The second-order valence-electron chi connectivity index (χ2n) is 7.21. The van der Waals surface area contributed by atoms with Gasteiger partial charge in [0.1, 0.15) is 12.4 Å². The number of carbonyl (C=O) groups excluding carboxylic acids is 2. The number of fused-ring (bicyclic) bond motifs is 1. The van der Waals surface area contributed by atoms with Gasteiger partial charge in [0.2, 0.25) is 0 Å². The molecule has 0 fully saturated rings. The van der Waals surface area contributed by atoms with Gasteiger partial charge in [0.05, 0.1) is 33.4 Å². The number of rotatable bonds is 6. The van der Waals surface area contributed by atoms with E-state index in [0.29, 0.717) is 53.3 Å². The quantitative estimate of drug-likeness (QED) is 0.526. The fourth-order valence-electron chi connectivity index (χ4n) is 3.42. The van der Waals surface area contributed by atoms with Crippen LogP contribution < -0.4 is 29.7 Å². The van der Waals surface area contributed by atoms with Crippen LogP contribution in [0.25, 0.3) is 0 Å². The van der Waals surface area contributed by atoms with Gasteiger partial charge in [-0.25, -0.2) is 14.6 Å². The lowest BCUT2D eigenvalue weighted by Gasteiger charge is -2.29. The van der Waals surface area contributed by atoms with Crippen LogP contribution in [0.5, 0.6) is 17.2 Å². The molecule has 0 atom stereocenters. The van der Waals surface area contributed by atoms with Gasteiger partial charge in [0.15, 0.2) is 23.1 Å². The summed E-state index contributed by atoms with van der Waals surface area (Å²) in [5, 5.41) is 6.03. The molecular weight excluding hydrogens is 440 g/mol. The van der Waals surface area contributed by atoms with Gasteiger partial charge in [-0.15, -0.1) is 0 Å². The maximum Gasteiger partial charge on any atom is 0.337 e. The molecule has 2 aromatic carbocycles. The minimum atomic E-state index is -0.410. The Morgan fingerprint density at radius 3 is 2.38 bits per heavy atom. The molecule has 34 heavy (non-hydrogen) atoms. The number of ether oxygens (including phenoxy) is 4. The predicted molar refractivity (Wildman–Crippen MR) is 127 cm³/mol. The molecular formula is C24H24N4O6. The molecule has 0 bridgehead atoms. The second-order valence-corrected chi connectivity index (χ2v) is 7.21. The highest BCUT2D eigenvalue weighted by Gasteiger charge is 2.26. The van der Waals surface area contributed by atoms with E-state index in [4.69, 9.17) is 18.9 Å². The standard InChI is InChI=1S/C24H24N4O6/c1-31-18-9-8-17(14-20(18)32-2)26-24(30)28-12-13-34-19-10-11-21(27-22(19)28)25-16-6-4-15(5-7-16)23(29)33-3/h4-11,14H,12-13H2,1-3H3,(H,25,27)(H,26,30). The monoisotopic (exact) mass is 464 g/mol. The Kier molecular flexibility index (Phi) is 6.67. The fraction of sp³-hybridized carbons (Fsp3) is 0.208. The zero-order valence-electron chi connectivity index (χ0n) is 19.0. The number of anilines is 4. The van der Waals surface area contributed by atoms with E-state index in [1.165, 1.54) is 19.1 Å². The van der Waals surface area contributed by atoms with Crippen molar-refractivity contribution in [3.63, 3.8) is 0 Å². The molecule has 4 rings (SSSR count). The summed E-state index contributed by atoms with van der Waals surface area (Å²) in [5.74, 6) is 2.06. The number of nitrogens with one attached hydrogen (secondary N) is 2. The summed E-state index contributed by atoms with van der Waals surface area (Å²) in [6, 6.07) is 15.1. The molecule has 0 spiro atoms. The summed E-state index contributed by atoms with van der Waals surface area (Å²) < 4.78 is 20.9. The Balaban J connectivity index is 1.52. The van der Waals surface area contributed by atoms with E-state index in [-0.39, 0.29) is 6.03 Å². The second kappa shape index (κ2) is 9.99. The molecule has 1 aliphatic heterocycles. The van der Waals surface area contributed by atoms with Crippen LogP contribution in [0.4, 0.5) is 27.8 Å². The number of urea groups is 1. The van der Waals surface area contributed by atoms with Crippen molar-refractivity contribution in [3.05, 3.63) is 60.2 Å². The highest BCUT2D eigenvalue weighted by atomic mass is 16.5. The number of esters is 1. The van der Waals surface area contributed by atoms with Crippen molar-refractivity contribution in [3.8, 4) is 17.2 Å². The Bertz CT molecular complexity index is 1200. The minimum Gasteiger partial charge on any atom is -0.493 e. The number of benzene rings is 2. The Morgan fingerprint density at radius 1 is 0.941 bits per heavy atom. The highest BCUT2D eigenvalue weighted by Crippen LogP contribution is 2.33. The van der Waals surface area contributed by atoms with Crippen LogP contribution in [0, 0.1) is 0 Å². The molecule has 0 radical (unpaired) electrons. The molecule has 0 unspecified atom stereocenters. The minimum absolute atomic E-state index is 0.330. The first-order chi connectivity index (χ1) is 16.5. The van der Waals surface area contributed by atoms with Gasteiger partial charge in [0.25, 0.3) is 0 Å². The third-order valence-electron chi connectivity index (χ3n) is 5.13. The maximum atomic E-state index is 13.1. The van der Waals surface area contributed by atoms with E-state index in [1.54, 1.807) is 61.7 Å². The molecule has 1 aliphatic rings. The maximum absolute atomic E-state index is 13.1. The molecule has 2 heterocycles. The Hall–Kier alpha value is -4.47. The normalized spacial score (nSPS) is 12.1. The van der Waals surface area contributed by atoms with E-state index >= 15 is 0 Å². The molecule has 0 saturated heterocycles. The number of hydrogen-bond donors (Lipinski definition) is 2. The molecule has 176 valence electrons. The molecule has 3 aromatic rings. The van der Waals surface area contributed by atoms with E-state index in [1.807, 2.05) is 0 Å². The number of methoxy groups -OCH3 is 3. The zero-order valence-corrected chi connectivity index (χ0v) is 19.0. The lowest BCUT2D eigenvalue weighted by molar-refractivity contribution is 0.0600. The molecule has 1 aromatic heterocycles. The van der Waals surface area contributed by atoms with Crippen molar-refractivity contribution in [2.24, 2.45) is 0 Å². The van der Waals surface area contributed by atoms with Gasteiger partial charge in [-0.2, -0.15) is 0 Å². The van der Waals surface area contributed by atoms with Crippen molar-refractivity contribution < 1.29 is 28.5 Å². The molecule has 2 amide bonds. The van der Waals surface area contributed by atoms with E-state index in [2.05, 4.69) is 15.6 Å². The van der Waals surface area contributed by atoms with Crippen molar-refractivity contribution in [1.29, 1.82) is 0 Å². The van der Waals surface area contributed by atoms with Crippen LogP contribution >= 0.6 is 0 Å². The third kappa shape index (κ3) is 4.80. The van der Waals surface area contributed by atoms with Gasteiger partial charge in [-0.3, -0.25) is 4.90 Å². The van der Waals surface area contributed by atoms with Crippen LogP contribution in [0.1, 0.15) is 10.4 Å². The summed E-state index contributed by atoms with van der Waals surface area (Å²) in [5.41, 5.74) is 1.71. The number of aromatic nitrogens is 1. The van der Waals surface area contributed by atoms with Crippen LogP contribution in [0.2, 0.25) is 0 Å². The van der Waals surface area contributed by atoms with Crippen LogP contribution in [-0.4, -0.2) is 51.5 Å². The summed E-state index contributed by atoms with van der Waals surface area (Å²) in [7, 11) is 4.41. The summed E-state index contributed by atoms with van der Waals surface area (Å²) >= 11 is 0. The van der Waals surface area contributed by atoms with Crippen molar-refractivity contribution >= 4 is 35.0 Å². The topological polar surface area (TPSA) is 111 Å². The Labute approximate surface area is 196 Å². The first kappa shape index (κ1) is 22.7. The number of amides is 2. The Morgan fingerprint density at radius 2 is 1.68 bits per heavy atom. The van der Waals surface area contributed by atoms with Crippen molar-refractivity contribution in [1.82, 2.24) is 4.98 Å². The van der Waals surface area contributed by atoms with E-state index in [0.717, 1.165) is 5.69 Å². The number of carbonyl (C=O) groups is 2. The van der Waals surface area contributed by atoms with Crippen molar-refractivity contribution in [2.45, 2.75) is 0 Å². The van der Waals surface area contributed by atoms with Crippen LogP contribution in [0.3, 0.4) is 0 Å². The summed E-state index contributed by atoms with van der Waals surface area (Å²) in [4.78, 5) is 30.8. The zero-order chi connectivity index (χ0) is 24.1. The van der Waals surface area contributed by atoms with Crippen LogP contribution in [-0.2, 0) is 4.74 Å². The molecule has 0 saturated carbocycles.